The average Bonchev–Trinajstić information content (AvgIpc) is 2.45. The molecule has 0 unspecified atom stereocenters. The molecule has 1 aromatic carbocycles. The second-order valence-electron chi connectivity index (χ2n) is 4.66. The van der Waals surface area contributed by atoms with E-state index in [0.29, 0.717) is 11.6 Å². The van der Waals surface area contributed by atoms with Gasteiger partial charge in [-0.2, -0.15) is 0 Å². The van der Waals surface area contributed by atoms with E-state index in [2.05, 4.69) is 47.2 Å². The molecule has 0 saturated carbocycles. The molecular formula is C16H20ClN3. The highest BCUT2D eigenvalue weighted by atomic mass is 35.5. The lowest BCUT2D eigenvalue weighted by Crippen LogP contribution is -2.19. The van der Waals surface area contributed by atoms with Gasteiger partial charge in [-0.3, -0.25) is 0 Å². The number of nitrogens with one attached hydrogen (secondary N) is 1. The van der Waals surface area contributed by atoms with E-state index in [1.807, 2.05) is 25.2 Å². The van der Waals surface area contributed by atoms with E-state index in [-0.39, 0.29) is 0 Å². The van der Waals surface area contributed by atoms with Gasteiger partial charge in [0.1, 0.15) is 5.82 Å². The second-order valence-corrected chi connectivity index (χ2v) is 5.07. The number of para-hydroxylation sites is 1. The summed E-state index contributed by atoms with van der Waals surface area (Å²) in [6, 6.07) is 12.2. The molecule has 0 saturated heterocycles. The summed E-state index contributed by atoms with van der Waals surface area (Å²) in [5.41, 5.74) is 3.29. The summed E-state index contributed by atoms with van der Waals surface area (Å²) in [7, 11) is 1.89. The van der Waals surface area contributed by atoms with E-state index < -0.39 is 0 Å². The third-order valence-corrected chi connectivity index (χ3v) is 3.59. The van der Waals surface area contributed by atoms with Gasteiger partial charge < -0.3 is 10.2 Å². The molecule has 1 N–H and O–H groups in total. The highest BCUT2D eigenvalue weighted by Gasteiger charge is 2.12. The number of nitrogens with zero attached hydrogens (tertiary/aromatic N) is 2. The molecule has 0 radical (unpaired) electrons. The van der Waals surface area contributed by atoms with Gasteiger partial charge in [0.2, 0.25) is 0 Å². The molecule has 1 aromatic heterocycles. The van der Waals surface area contributed by atoms with Crippen molar-refractivity contribution in [2.75, 3.05) is 18.5 Å². The Morgan fingerprint density at radius 3 is 2.60 bits per heavy atom. The fourth-order valence-corrected chi connectivity index (χ4v) is 2.41. The van der Waals surface area contributed by atoms with E-state index >= 15 is 0 Å². The quantitative estimate of drug-likeness (QED) is 0.904. The molecule has 3 nitrogen and oxygen atoms in total. The number of aryl methyl sites for hydroxylation is 1. The summed E-state index contributed by atoms with van der Waals surface area (Å²) in [5, 5.41) is 3.79. The second kappa shape index (κ2) is 6.73. The van der Waals surface area contributed by atoms with Gasteiger partial charge >= 0.3 is 0 Å². The first-order valence-corrected chi connectivity index (χ1v) is 7.18. The molecule has 0 atom stereocenters. The van der Waals surface area contributed by atoms with Crippen LogP contribution in [0, 0.1) is 6.92 Å². The third kappa shape index (κ3) is 3.11. The first-order valence-electron chi connectivity index (χ1n) is 6.80. The van der Waals surface area contributed by atoms with Crippen LogP contribution in [0.5, 0.6) is 0 Å². The highest BCUT2D eigenvalue weighted by molar-refractivity contribution is 6.31. The first kappa shape index (κ1) is 14.8. The smallest absolute Gasteiger partial charge is 0.133 e. The largest absolute Gasteiger partial charge is 0.326 e. The summed E-state index contributed by atoms with van der Waals surface area (Å²) < 4.78 is 0. The summed E-state index contributed by atoms with van der Waals surface area (Å²) in [6.45, 7) is 5.76. The predicted octanol–water partition coefficient (Wildman–Crippen LogP) is 3.92. The van der Waals surface area contributed by atoms with Gasteiger partial charge in [0.15, 0.2) is 0 Å². The van der Waals surface area contributed by atoms with Crippen LogP contribution < -0.4 is 10.2 Å². The number of benzene rings is 1. The molecule has 1 heterocycles. The van der Waals surface area contributed by atoms with Crippen molar-refractivity contribution in [2.45, 2.75) is 20.4 Å². The van der Waals surface area contributed by atoms with Crippen molar-refractivity contribution in [1.82, 2.24) is 10.3 Å². The van der Waals surface area contributed by atoms with E-state index in [9.17, 15) is 0 Å². The first-order chi connectivity index (χ1) is 9.67. The topological polar surface area (TPSA) is 28.2 Å². The number of anilines is 2. The maximum absolute atomic E-state index is 6.18. The van der Waals surface area contributed by atoms with Gasteiger partial charge in [-0.05, 0) is 44.7 Å². The van der Waals surface area contributed by atoms with Gasteiger partial charge in [0.25, 0.3) is 0 Å². The molecule has 0 spiro atoms. The van der Waals surface area contributed by atoms with E-state index in [4.69, 9.17) is 11.6 Å². The third-order valence-electron chi connectivity index (χ3n) is 3.25. The SMILES string of the molecule is CCN(c1ccc(Cl)c(CNC)n1)c1ccccc1C. The van der Waals surface area contributed by atoms with Crippen molar-refractivity contribution in [3.05, 3.63) is 52.7 Å². The maximum atomic E-state index is 6.18. The summed E-state index contributed by atoms with van der Waals surface area (Å²) in [5.74, 6) is 0.927. The predicted molar refractivity (Wildman–Crippen MR) is 85.9 cm³/mol. The number of aromatic nitrogens is 1. The molecule has 20 heavy (non-hydrogen) atoms. The Morgan fingerprint density at radius 2 is 1.95 bits per heavy atom. The Balaban J connectivity index is 2.42. The van der Waals surface area contributed by atoms with Gasteiger partial charge in [0, 0.05) is 18.8 Å². The number of hydrogen-bond acceptors (Lipinski definition) is 3. The molecule has 106 valence electrons. The van der Waals surface area contributed by atoms with Gasteiger partial charge in [-0.25, -0.2) is 4.98 Å². The molecule has 0 amide bonds. The molecule has 0 aliphatic rings. The normalized spacial score (nSPS) is 10.6. The molecule has 0 bridgehead atoms. The van der Waals surface area contributed by atoms with Gasteiger partial charge in [0.05, 0.1) is 10.7 Å². The Kier molecular flexibility index (Phi) is 4.99. The minimum Gasteiger partial charge on any atom is -0.326 e. The van der Waals surface area contributed by atoms with Crippen molar-refractivity contribution in [1.29, 1.82) is 0 Å². The van der Waals surface area contributed by atoms with Gasteiger partial charge in [-0.15, -0.1) is 0 Å². The van der Waals surface area contributed by atoms with Gasteiger partial charge in [-0.1, -0.05) is 29.8 Å². The molecular weight excluding hydrogens is 270 g/mol. The lowest BCUT2D eigenvalue weighted by molar-refractivity contribution is 0.788. The van der Waals surface area contributed by atoms with Crippen LogP contribution in [0.25, 0.3) is 0 Å². The van der Waals surface area contributed by atoms with E-state index in [0.717, 1.165) is 18.1 Å². The monoisotopic (exact) mass is 289 g/mol. The van der Waals surface area contributed by atoms with Crippen molar-refractivity contribution >= 4 is 23.1 Å². The summed E-state index contributed by atoms with van der Waals surface area (Å²) in [6.07, 6.45) is 0. The van der Waals surface area contributed by atoms with E-state index in [1.165, 1.54) is 11.3 Å². The zero-order chi connectivity index (χ0) is 14.5. The molecule has 4 heteroatoms. The number of halogens is 1. The molecule has 0 aliphatic carbocycles. The zero-order valence-electron chi connectivity index (χ0n) is 12.2. The fraction of sp³-hybridized carbons (Fsp3) is 0.312. The van der Waals surface area contributed by atoms with E-state index in [1.54, 1.807) is 0 Å². The fourth-order valence-electron chi connectivity index (χ4n) is 2.24. The van der Waals surface area contributed by atoms with Crippen molar-refractivity contribution in [3.8, 4) is 0 Å². The van der Waals surface area contributed by atoms with Crippen LogP contribution in [0.1, 0.15) is 18.2 Å². The molecule has 2 aromatic rings. The summed E-state index contributed by atoms with van der Waals surface area (Å²) >= 11 is 6.18. The van der Waals surface area contributed by atoms with Crippen LogP contribution in [-0.4, -0.2) is 18.6 Å². The van der Waals surface area contributed by atoms with Crippen LogP contribution in [0.2, 0.25) is 5.02 Å². The molecule has 0 fully saturated rings. The number of rotatable bonds is 5. The number of pyridine rings is 1. The molecule has 2 rings (SSSR count). The van der Waals surface area contributed by atoms with Crippen LogP contribution >= 0.6 is 11.6 Å². The Hall–Kier alpha value is -1.58. The lowest BCUT2D eigenvalue weighted by Gasteiger charge is -2.24. The van der Waals surface area contributed by atoms with Crippen LogP contribution in [0.3, 0.4) is 0 Å². The maximum Gasteiger partial charge on any atom is 0.133 e. The van der Waals surface area contributed by atoms with Crippen LogP contribution in [0.4, 0.5) is 11.5 Å². The van der Waals surface area contributed by atoms with Crippen LogP contribution in [-0.2, 0) is 6.54 Å². The minimum absolute atomic E-state index is 0.665. The molecule has 0 aliphatic heterocycles. The Morgan fingerprint density at radius 1 is 1.20 bits per heavy atom. The van der Waals surface area contributed by atoms with Crippen molar-refractivity contribution in [3.63, 3.8) is 0 Å². The lowest BCUT2D eigenvalue weighted by atomic mass is 10.2. The Bertz CT molecular complexity index is 584. The van der Waals surface area contributed by atoms with Crippen molar-refractivity contribution < 1.29 is 0 Å². The minimum atomic E-state index is 0.665. The number of hydrogen-bond donors (Lipinski definition) is 1. The average molecular weight is 290 g/mol. The zero-order valence-corrected chi connectivity index (χ0v) is 12.9. The Labute approximate surface area is 125 Å². The van der Waals surface area contributed by atoms with Crippen LogP contribution in [0.15, 0.2) is 36.4 Å². The van der Waals surface area contributed by atoms with Crippen molar-refractivity contribution in [2.24, 2.45) is 0 Å². The summed E-state index contributed by atoms with van der Waals surface area (Å²) in [4.78, 5) is 6.88. The highest BCUT2D eigenvalue weighted by Crippen LogP contribution is 2.28. The standard InChI is InChI=1S/C16H20ClN3/c1-4-20(15-8-6-5-7-12(15)2)16-10-9-13(17)14(19-16)11-18-3/h5-10,18H,4,11H2,1-3H3.